The van der Waals surface area contributed by atoms with Crippen LogP contribution in [0.3, 0.4) is 0 Å². The van der Waals surface area contributed by atoms with Crippen LogP contribution in [0, 0.1) is 0 Å². The van der Waals surface area contributed by atoms with Crippen molar-refractivity contribution in [2.24, 2.45) is 0 Å². The number of alkyl carbamates (subject to hydrolysis) is 1. The Bertz CT molecular complexity index is 520. The molecule has 1 fully saturated rings. The molecule has 0 saturated carbocycles. The maximum Gasteiger partial charge on any atom is 0.407 e. The second-order valence-corrected chi connectivity index (χ2v) is 7.27. The molecule has 22 heavy (non-hydrogen) atoms. The molecule has 1 heterocycles. The molecular weight excluding hydrogens is 300 g/mol. The van der Waals surface area contributed by atoms with Crippen molar-refractivity contribution < 1.29 is 9.53 Å². The van der Waals surface area contributed by atoms with Crippen LogP contribution in [0.15, 0.2) is 24.3 Å². The Labute approximate surface area is 137 Å². The van der Waals surface area contributed by atoms with E-state index in [1.54, 1.807) is 0 Å². The fourth-order valence-corrected chi connectivity index (χ4v) is 3.23. The van der Waals surface area contributed by atoms with Crippen molar-refractivity contribution in [2.45, 2.75) is 44.6 Å². The summed E-state index contributed by atoms with van der Waals surface area (Å²) in [5, 5.41) is 7.06. The molecule has 0 bridgehead atoms. The van der Waals surface area contributed by atoms with Gasteiger partial charge in [0.1, 0.15) is 5.60 Å². The number of hydrogen-bond acceptors (Lipinski definition) is 3. The third kappa shape index (κ3) is 4.37. The summed E-state index contributed by atoms with van der Waals surface area (Å²) in [4.78, 5) is 12.0. The lowest BCUT2D eigenvalue weighted by molar-refractivity contribution is 0.0509. The Hall–Kier alpha value is -1.26. The molecule has 1 saturated heterocycles. The van der Waals surface area contributed by atoms with Crippen LogP contribution in [0.1, 0.15) is 39.2 Å². The lowest BCUT2D eigenvalue weighted by Crippen LogP contribution is -2.48. The molecule has 1 aromatic carbocycles. The van der Waals surface area contributed by atoms with Crippen molar-refractivity contribution in [2.75, 3.05) is 19.6 Å². The molecule has 122 valence electrons. The Morgan fingerprint density at radius 2 is 1.95 bits per heavy atom. The van der Waals surface area contributed by atoms with Gasteiger partial charge >= 0.3 is 6.09 Å². The number of nitrogens with one attached hydrogen (secondary N) is 2. The summed E-state index contributed by atoms with van der Waals surface area (Å²) in [6, 6.07) is 7.90. The lowest BCUT2D eigenvalue weighted by Gasteiger charge is -2.39. The minimum absolute atomic E-state index is 0.138. The van der Waals surface area contributed by atoms with Crippen molar-refractivity contribution in [1.82, 2.24) is 10.6 Å². The van der Waals surface area contributed by atoms with Gasteiger partial charge in [0.15, 0.2) is 0 Å². The molecule has 0 spiro atoms. The first-order valence-corrected chi connectivity index (χ1v) is 8.13. The fourth-order valence-electron chi connectivity index (χ4n) is 2.89. The highest BCUT2D eigenvalue weighted by Gasteiger charge is 2.36. The van der Waals surface area contributed by atoms with Crippen molar-refractivity contribution >= 4 is 17.7 Å². The predicted molar refractivity (Wildman–Crippen MR) is 89.5 cm³/mol. The summed E-state index contributed by atoms with van der Waals surface area (Å²) in [6.45, 7) is 7.96. The number of rotatable bonds is 3. The van der Waals surface area contributed by atoms with Crippen LogP contribution in [-0.2, 0) is 10.2 Å². The van der Waals surface area contributed by atoms with Crippen LogP contribution in [0.2, 0.25) is 5.02 Å². The van der Waals surface area contributed by atoms with Crippen molar-refractivity contribution in [1.29, 1.82) is 0 Å². The molecule has 0 unspecified atom stereocenters. The molecule has 1 aromatic rings. The number of carbonyl (C=O) groups is 1. The van der Waals surface area contributed by atoms with E-state index in [1.165, 1.54) is 0 Å². The number of piperidine rings is 1. The van der Waals surface area contributed by atoms with Crippen molar-refractivity contribution in [3.63, 3.8) is 0 Å². The quantitative estimate of drug-likeness (QED) is 0.895. The smallest absolute Gasteiger partial charge is 0.407 e. The van der Waals surface area contributed by atoms with Crippen LogP contribution in [0.4, 0.5) is 4.79 Å². The van der Waals surface area contributed by atoms with Gasteiger partial charge < -0.3 is 15.4 Å². The zero-order valence-corrected chi connectivity index (χ0v) is 14.3. The van der Waals surface area contributed by atoms with Crippen molar-refractivity contribution in [3.8, 4) is 0 Å². The number of carbonyl (C=O) groups excluding carboxylic acids is 1. The molecule has 4 nitrogen and oxygen atoms in total. The van der Waals surface area contributed by atoms with Gasteiger partial charge in [0, 0.05) is 17.0 Å². The number of ether oxygens (including phenoxy) is 1. The van der Waals surface area contributed by atoms with E-state index >= 15 is 0 Å². The topological polar surface area (TPSA) is 50.4 Å². The van der Waals surface area contributed by atoms with E-state index in [1.807, 2.05) is 39.0 Å². The highest BCUT2D eigenvalue weighted by molar-refractivity contribution is 6.31. The van der Waals surface area contributed by atoms with E-state index in [2.05, 4.69) is 16.7 Å². The molecule has 0 radical (unpaired) electrons. The minimum atomic E-state index is -0.490. The van der Waals surface area contributed by atoms with Crippen LogP contribution in [0.25, 0.3) is 0 Å². The highest BCUT2D eigenvalue weighted by Crippen LogP contribution is 2.37. The lowest BCUT2D eigenvalue weighted by atomic mass is 9.73. The van der Waals surface area contributed by atoms with Gasteiger partial charge in [-0.3, -0.25) is 0 Å². The number of halogens is 1. The van der Waals surface area contributed by atoms with Crippen molar-refractivity contribution in [3.05, 3.63) is 34.9 Å². The fraction of sp³-hybridized carbons (Fsp3) is 0.588. The van der Waals surface area contributed by atoms with Gasteiger partial charge in [0.05, 0.1) is 0 Å². The van der Waals surface area contributed by atoms with Crippen LogP contribution in [-0.4, -0.2) is 31.3 Å². The van der Waals surface area contributed by atoms with Crippen LogP contribution >= 0.6 is 11.6 Å². The summed E-state index contributed by atoms with van der Waals surface area (Å²) >= 11 is 6.40. The number of amides is 1. The number of hydrogen-bond donors (Lipinski definition) is 2. The maximum absolute atomic E-state index is 12.0. The minimum Gasteiger partial charge on any atom is -0.444 e. The molecule has 1 aliphatic rings. The second kappa shape index (κ2) is 6.88. The van der Waals surface area contributed by atoms with E-state index < -0.39 is 5.60 Å². The first kappa shape index (κ1) is 17.1. The summed E-state index contributed by atoms with van der Waals surface area (Å²) in [7, 11) is 0. The molecule has 0 atom stereocenters. The Kier molecular flexibility index (Phi) is 5.35. The molecular formula is C17H25ClN2O2. The van der Waals surface area contributed by atoms with E-state index in [9.17, 15) is 4.79 Å². The average molecular weight is 325 g/mol. The largest absolute Gasteiger partial charge is 0.444 e. The Morgan fingerprint density at radius 1 is 1.32 bits per heavy atom. The van der Waals surface area contributed by atoms with E-state index in [0.29, 0.717) is 6.54 Å². The van der Waals surface area contributed by atoms with Gasteiger partial charge in [-0.05, 0) is 58.3 Å². The van der Waals surface area contributed by atoms with Gasteiger partial charge in [0.2, 0.25) is 0 Å². The van der Waals surface area contributed by atoms with E-state index in [0.717, 1.165) is 36.5 Å². The zero-order chi connectivity index (χ0) is 16.2. The molecule has 2 rings (SSSR count). The normalized spacial score (nSPS) is 17.8. The molecule has 1 aliphatic heterocycles. The SMILES string of the molecule is CC(C)(C)OC(=O)NCC1(c2ccccc2Cl)CCNCC1. The molecule has 2 N–H and O–H groups in total. The zero-order valence-electron chi connectivity index (χ0n) is 13.5. The van der Waals surface area contributed by atoms with Gasteiger partial charge in [-0.25, -0.2) is 4.79 Å². The first-order chi connectivity index (χ1) is 10.3. The third-order valence-corrected chi connectivity index (χ3v) is 4.31. The van der Waals surface area contributed by atoms with E-state index in [4.69, 9.17) is 16.3 Å². The summed E-state index contributed by atoms with van der Waals surface area (Å²) in [6.07, 6.45) is 1.50. The summed E-state index contributed by atoms with van der Waals surface area (Å²) in [5.74, 6) is 0. The molecule has 0 aliphatic carbocycles. The Morgan fingerprint density at radius 3 is 2.55 bits per heavy atom. The second-order valence-electron chi connectivity index (χ2n) is 6.87. The predicted octanol–water partition coefficient (Wildman–Crippen LogP) is 3.49. The summed E-state index contributed by atoms with van der Waals surface area (Å²) in [5.41, 5.74) is 0.477. The van der Waals surface area contributed by atoms with Gasteiger partial charge in [0.25, 0.3) is 0 Å². The van der Waals surface area contributed by atoms with Crippen LogP contribution in [0.5, 0.6) is 0 Å². The third-order valence-electron chi connectivity index (χ3n) is 3.98. The number of benzene rings is 1. The molecule has 5 heteroatoms. The van der Waals surface area contributed by atoms with Gasteiger partial charge in [-0.2, -0.15) is 0 Å². The van der Waals surface area contributed by atoms with Gasteiger partial charge in [-0.15, -0.1) is 0 Å². The van der Waals surface area contributed by atoms with Gasteiger partial charge in [-0.1, -0.05) is 29.8 Å². The average Bonchev–Trinajstić information content (AvgIpc) is 2.45. The van der Waals surface area contributed by atoms with Crippen LogP contribution < -0.4 is 10.6 Å². The van der Waals surface area contributed by atoms with E-state index in [-0.39, 0.29) is 11.5 Å². The first-order valence-electron chi connectivity index (χ1n) is 7.75. The Balaban J connectivity index is 2.13. The molecule has 0 aromatic heterocycles. The standard InChI is InChI=1S/C17H25ClN2O2/c1-16(2,3)22-15(21)20-12-17(8-10-19-11-9-17)13-6-4-5-7-14(13)18/h4-7,19H,8-12H2,1-3H3,(H,20,21). The summed E-state index contributed by atoms with van der Waals surface area (Å²) < 4.78 is 5.34. The molecule has 1 amide bonds. The monoisotopic (exact) mass is 324 g/mol. The maximum atomic E-state index is 12.0. The highest BCUT2D eigenvalue weighted by atomic mass is 35.5.